The van der Waals surface area contributed by atoms with Gasteiger partial charge >= 0.3 is 0 Å². The minimum atomic E-state index is 0.207. The van der Waals surface area contributed by atoms with E-state index in [9.17, 15) is 0 Å². The van der Waals surface area contributed by atoms with Crippen LogP contribution in [0.1, 0.15) is 11.5 Å². The van der Waals surface area contributed by atoms with Gasteiger partial charge in [0.1, 0.15) is 11.6 Å². The van der Waals surface area contributed by atoms with E-state index in [2.05, 4.69) is 219 Å². The molecule has 2 unspecified atom stereocenters. The largest absolute Gasteiger partial charge is 0.333 e. The van der Waals surface area contributed by atoms with Gasteiger partial charge < -0.3 is 9.47 Å². The summed E-state index contributed by atoms with van der Waals surface area (Å²) in [6.45, 7) is 0. The molecule has 5 nitrogen and oxygen atoms in total. The van der Waals surface area contributed by atoms with Crippen molar-refractivity contribution >= 4 is 76.8 Å². The van der Waals surface area contributed by atoms with Crippen molar-refractivity contribution in [2.24, 2.45) is 0 Å². The lowest BCUT2D eigenvalue weighted by Crippen LogP contribution is -2.28. The van der Waals surface area contributed by atoms with Crippen LogP contribution >= 0.6 is 0 Å². The third-order valence-electron chi connectivity index (χ3n) is 12.5. The zero-order valence-corrected chi connectivity index (χ0v) is 31.4. The maximum Gasteiger partial charge on any atom is 0.142 e. The van der Waals surface area contributed by atoms with Gasteiger partial charge in [-0.15, -0.1) is 0 Å². The summed E-state index contributed by atoms with van der Waals surface area (Å²) in [7, 11) is 0. The number of allylic oxidation sites excluding steroid dienone is 2. The molecule has 2 atom stereocenters. The lowest BCUT2D eigenvalue weighted by atomic mass is 9.91. The zero-order valence-electron chi connectivity index (χ0n) is 31.4. The van der Waals surface area contributed by atoms with Crippen molar-refractivity contribution in [2.45, 2.75) is 12.0 Å². The van der Waals surface area contributed by atoms with E-state index in [0.29, 0.717) is 0 Å². The van der Waals surface area contributed by atoms with Crippen LogP contribution in [0.25, 0.3) is 82.7 Å². The summed E-state index contributed by atoms with van der Waals surface area (Å²) >= 11 is 0. The summed E-state index contributed by atoms with van der Waals surface area (Å²) < 4.78 is 7.17. The van der Waals surface area contributed by atoms with Crippen molar-refractivity contribution in [3.05, 3.63) is 206 Å². The number of hydrogen-bond donors (Lipinski definition) is 0. The first-order valence-corrected chi connectivity index (χ1v) is 20.1. The highest BCUT2D eigenvalue weighted by molar-refractivity contribution is 6.13. The molecule has 272 valence electrons. The first kappa shape index (κ1) is 31.6. The van der Waals surface area contributed by atoms with E-state index in [4.69, 9.17) is 4.98 Å². The summed E-state index contributed by atoms with van der Waals surface area (Å²) in [6, 6.07) is 64.2. The molecule has 0 spiro atoms. The Balaban J connectivity index is 1.15. The highest BCUT2D eigenvalue weighted by Crippen LogP contribution is 2.50. The molecule has 4 aromatic heterocycles. The number of rotatable bonds is 4. The van der Waals surface area contributed by atoms with Crippen molar-refractivity contribution < 1.29 is 0 Å². The maximum absolute atomic E-state index is 5.63. The highest BCUT2D eigenvalue weighted by Gasteiger charge is 2.38. The van der Waals surface area contributed by atoms with Gasteiger partial charge in [-0.05, 0) is 60.2 Å². The molecule has 0 fully saturated rings. The van der Waals surface area contributed by atoms with Gasteiger partial charge in [0.25, 0.3) is 0 Å². The topological polar surface area (TPSA) is 30.9 Å². The Morgan fingerprint density at radius 1 is 0.362 bits per heavy atom. The molecule has 7 aromatic carbocycles. The quantitative estimate of drug-likeness (QED) is 0.180. The van der Waals surface area contributed by atoms with E-state index in [0.717, 1.165) is 44.9 Å². The summed E-state index contributed by atoms with van der Waals surface area (Å²) in [5.74, 6) is 1.97. The Labute approximate surface area is 334 Å². The molecule has 11 aromatic rings. The molecule has 2 aliphatic rings. The van der Waals surface area contributed by atoms with Crippen molar-refractivity contribution in [3.63, 3.8) is 0 Å². The van der Waals surface area contributed by atoms with E-state index in [1.807, 2.05) is 0 Å². The average molecular weight is 742 g/mol. The second kappa shape index (κ2) is 11.9. The number of para-hydroxylation sites is 6. The van der Waals surface area contributed by atoms with E-state index in [-0.39, 0.29) is 12.0 Å². The van der Waals surface area contributed by atoms with Gasteiger partial charge in [-0.2, -0.15) is 0 Å². The fraction of sp³-hybridized carbons (Fsp3) is 0.0377. The van der Waals surface area contributed by atoms with E-state index in [1.165, 1.54) is 54.8 Å². The van der Waals surface area contributed by atoms with Crippen molar-refractivity contribution in [1.82, 2.24) is 18.7 Å². The lowest BCUT2D eigenvalue weighted by Gasteiger charge is -2.28. The molecule has 0 N–H and O–H groups in total. The summed E-state index contributed by atoms with van der Waals surface area (Å²) in [5, 5.41) is 7.30. The number of anilines is 2. The van der Waals surface area contributed by atoms with Gasteiger partial charge in [0.2, 0.25) is 0 Å². The van der Waals surface area contributed by atoms with Crippen LogP contribution in [-0.2, 0) is 0 Å². The first-order valence-electron chi connectivity index (χ1n) is 20.1. The SMILES string of the molecule is C1=CC2c3cc4c(cc3N(c3ccccc3)C2C=C1)c1ccccc1n4-c1cc(-n2c3ccccc3c3ccccc32)nc(-n2c3ccccc3c3ccccc32)c1. The predicted molar refractivity (Wildman–Crippen MR) is 241 cm³/mol. The van der Waals surface area contributed by atoms with Crippen LogP contribution in [0, 0.1) is 0 Å². The van der Waals surface area contributed by atoms with E-state index in [1.54, 1.807) is 0 Å². The Hall–Kier alpha value is -7.63. The highest BCUT2D eigenvalue weighted by atomic mass is 15.2. The summed E-state index contributed by atoms with van der Waals surface area (Å²) in [4.78, 5) is 8.16. The fourth-order valence-corrected chi connectivity index (χ4v) is 10.1. The minimum Gasteiger partial charge on any atom is -0.333 e. The van der Waals surface area contributed by atoms with Crippen LogP contribution in [0.15, 0.2) is 200 Å². The molecule has 58 heavy (non-hydrogen) atoms. The lowest BCUT2D eigenvalue weighted by molar-refractivity contribution is 0.745. The molecule has 5 heterocycles. The van der Waals surface area contributed by atoms with E-state index < -0.39 is 0 Å². The predicted octanol–water partition coefficient (Wildman–Crippen LogP) is 13.1. The second-order valence-corrected chi connectivity index (χ2v) is 15.6. The van der Waals surface area contributed by atoms with Crippen LogP contribution in [0.2, 0.25) is 0 Å². The van der Waals surface area contributed by atoms with Crippen LogP contribution in [-0.4, -0.2) is 24.7 Å². The first-order chi connectivity index (χ1) is 28.8. The third-order valence-corrected chi connectivity index (χ3v) is 12.5. The smallest absolute Gasteiger partial charge is 0.142 e. The van der Waals surface area contributed by atoms with Crippen LogP contribution in [0.3, 0.4) is 0 Å². The number of pyridine rings is 1. The van der Waals surface area contributed by atoms with Gasteiger partial charge in [-0.25, -0.2) is 4.98 Å². The maximum atomic E-state index is 5.63. The zero-order chi connectivity index (χ0) is 37.9. The fourth-order valence-electron chi connectivity index (χ4n) is 10.1. The minimum absolute atomic E-state index is 0.207. The van der Waals surface area contributed by atoms with Gasteiger partial charge in [-0.3, -0.25) is 9.13 Å². The molecule has 1 aliphatic carbocycles. The molecule has 0 saturated carbocycles. The van der Waals surface area contributed by atoms with Crippen molar-refractivity contribution in [2.75, 3.05) is 4.90 Å². The molecule has 0 radical (unpaired) electrons. The normalized spacial score (nSPS) is 16.1. The van der Waals surface area contributed by atoms with Gasteiger partial charge in [0, 0.05) is 61.7 Å². The summed E-state index contributed by atoms with van der Waals surface area (Å²) in [6.07, 6.45) is 9.13. The molecule has 0 bridgehead atoms. The second-order valence-electron chi connectivity index (χ2n) is 15.6. The van der Waals surface area contributed by atoms with Gasteiger partial charge in [0.15, 0.2) is 0 Å². The summed E-state index contributed by atoms with van der Waals surface area (Å²) in [5.41, 5.74) is 11.7. The molecule has 13 rings (SSSR count). The van der Waals surface area contributed by atoms with Gasteiger partial charge in [-0.1, -0.05) is 133 Å². The van der Waals surface area contributed by atoms with Crippen LogP contribution < -0.4 is 4.90 Å². The van der Waals surface area contributed by atoms with Crippen molar-refractivity contribution in [3.8, 4) is 17.3 Å². The monoisotopic (exact) mass is 741 g/mol. The number of aromatic nitrogens is 4. The molecule has 1 aliphatic heterocycles. The average Bonchev–Trinajstić information content (AvgIpc) is 4.01. The number of hydrogen-bond acceptors (Lipinski definition) is 2. The Bertz CT molecular complexity index is 3300. The molecular weight excluding hydrogens is 707 g/mol. The number of nitrogens with zero attached hydrogens (tertiary/aromatic N) is 5. The molecule has 0 saturated heterocycles. The van der Waals surface area contributed by atoms with Crippen molar-refractivity contribution in [1.29, 1.82) is 0 Å². The Morgan fingerprint density at radius 2 is 0.810 bits per heavy atom. The van der Waals surface area contributed by atoms with Gasteiger partial charge in [0.05, 0.1) is 44.8 Å². The number of fused-ring (bicyclic) bond motifs is 12. The Kier molecular flexibility index (Phi) is 6.50. The standard InChI is InChI=1S/C53H35N5/c1-2-16-34(17-3-1)55-44-24-10-8-22-40(44)42-33-51-43(32-50(42)55)41-23-9-11-25-45(41)56(51)35-30-52(57-46-26-12-4-18-36(46)37-19-5-13-27-47(37)57)54-53(31-35)58-48-28-14-6-20-38(48)39-21-7-15-29-49(39)58/h1-33,40,44H. The number of benzene rings is 7. The van der Waals surface area contributed by atoms with Crippen LogP contribution in [0.5, 0.6) is 0 Å². The third kappa shape index (κ3) is 4.33. The Morgan fingerprint density at radius 3 is 1.34 bits per heavy atom. The molecular formula is C53H35N5. The van der Waals surface area contributed by atoms with Crippen LogP contribution in [0.4, 0.5) is 11.4 Å². The molecule has 5 heteroatoms. The van der Waals surface area contributed by atoms with E-state index >= 15 is 0 Å². The molecule has 0 amide bonds.